The molecule has 1 aromatic carbocycles. The first-order valence-corrected chi connectivity index (χ1v) is 6.61. The maximum absolute atomic E-state index is 13.5. The molecule has 0 saturated heterocycles. The number of rotatable bonds is 5. The van der Waals surface area contributed by atoms with Gasteiger partial charge in [-0.05, 0) is 31.0 Å². The lowest BCUT2D eigenvalue weighted by molar-refractivity contribution is 0.0956. The molecule has 1 heterocycles. The summed E-state index contributed by atoms with van der Waals surface area (Å²) in [5.41, 5.74) is 0. The Morgan fingerprint density at radius 2 is 2.22 bits per heavy atom. The SMILES string of the molecule is O=C(NCCCCO)c1cc2c(F)cccc2s1. The molecule has 0 fully saturated rings. The molecule has 0 saturated carbocycles. The van der Waals surface area contributed by atoms with Crippen LogP contribution in [0.1, 0.15) is 22.5 Å². The van der Waals surface area contributed by atoms with Gasteiger partial charge in [0, 0.05) is 23.2 Å². The second-order valence-corrected chi connectivity index (χ2v) is 5.03. The van der Waals surface area contributed by atoms with E-state index in [1.807, 2.05) is 0 Å². The molecule has 0 bridgehead atoms. The molecule has 0 aliphatic carbocycles. The number of fused-ring (bicyclic) bond motifs is 1. The molecule has 0 aliphatic heterocycles. The van der Waals surface area contributed by atoms with Crippen molar-refractivity contribution in [3.63, 3.8) is 0 Å². The van der Waals surface area contributed by atoms with Crippen LogP contribution in [0.2, 0.25) is 0 Å². The Bertz CT molecular complexity index is 553. The Hall–Kier alpha value is -1.46. The minimum atomic E-state index is -0.303. The molecule has 3 nitrogen and oxygen atoms in total. The average molecular weight is 267 g/mol. The summed E-state index contributed by atoms with van der Waals surface area (Å²) in [4.78, 5) is 12.3. The lowest BCUT2D eigenvalue weighted by Crippen LogP contribution is -2.23. The molecule has 0 unspecified atom stereocenters. The molecule has 2 rings (SSSR count). The van der Waals surface area contributed by atoms with Gasteiger partial charge in [0.25, 0.3) is 5.91 Å². The van der Waals surface area contributed by atoms with E-state index < -0.39 is 0 Å². The van der Waals surface area contributed by atoms with Gasteiger partial charge >= 0.3 is 0 Å². The molecule has 2 aromatic rings. The van der Waals surface area contributed by atoms with E-state index in [9.17, 15) is 9.18 Å². The van der Waals surface area contributed by atoms with Crippen LogP contribution in [0.5, 0.6) is 0 Å². The molecule has 5 heteroatoms. The summed E-state index contributed by atoms with van der Waals surface area (Å²) in [5, 5.41) is 11.9. The van der Waals surface area contributed by atoms with Gasteiger partial charge in [-0.25, -0.2) is 4.39 Å². The van der Waals surface area contributed by atoms with Crippen molar-refractivity contribution in [1.82, 2.24) is 5.32 Å². The fourth-order valence-electron chi connectivity index (χ4n) is 1.66. The Morgan fingerprint density at radius 1 is 1.39 bits per heavy atom. The van der Waals surface area contributed by atoms with Gasteiger partial charge < -0.3 is 10.4 Å². The topological polar surface area (TPSA) is 49.3 Å². The summed E-state index contributed by atoms with van der Waals surface area (Å²) in [6, 6.07) is 6.40. The van der Waals surface area contributed by atoms with Gasteiger partial charge in [0.2, 0.25) is 0 Å². The Kier molecular flexibility index (Phi) is 4.28. The maximum Gasteiger partial charge on any atom is 0.261 e. The van der Waals surface area contributed by atoms with Crippen molar-refractivity contribution in [1.29, 1.82) is 0 Å². The third-order valence-electron chi connectivity index (χ3n) is 2.60. The normalized spacial score (nSPS) is 10.8. The average Bonchev–Trinajstić information content (AvgIpc) is 2.80. The zero-order chi connectivity index (χ0) is 13.0. The number of carbonyl (C=O) groups excluding carboxylic acids is 1. The lowest BCUT2D eigenvalue weighted by atomic mass is 10.2. The van der Waals surface area contributed by atoms with Gasteiger partial charge in [-0.2, -0.15) is 0 Å². The highest BCUT2D eigenvalue weighted by Gasteiger charge is 2.11. The highest BCUT2D eigenvalue weighted by molar-refractivity contribution is 7.20. The number of carbonyl (C=O) groups is 1. The molecular weight excluding hydrogens is 253 g/mol. The van der Waals surface area contributed by atoms with Gasteiger partial charge in [0.1, 0.15) is 5.82 Å². The van der Waals surface area contributed by atoms with E-state index in [0.29, 0.717) is 23.2 Å². The van der Waals surface area contributed by atoms with Crippen molar-refractivity contribution in [2.24, 2.45) is 0 Å². The van der Waals surface area contributed by atoms with Crippen LogP contribution in [-0.2, 0) is 0 Å². The van der Waals surface area contributed by atoms with E-state index in [4.69, 9.17) is 5.11 Å². The van der Waals surface area contributed by atoms with Crippen LogP contribution in [0.3, 0.4) is 0 Å². The Morgan fingerprint density at radius 3 is 2.94 bits per heavy atom. The number of thiophene rings is 1. The minimum absolute atomic E-state index is 0.129. The van der Waals surface area contributed by atoms with E-state index in [-0.39, 0.29) is 18.3 Å². The molecule has 0 spiro atoms. The smallest absolute Gasteiger partial charge is 0.261 e. The quantitative estimate of drug-likeness (QED) is 0.818. The summed E-state index contributed by atoms with van der Waals surface area (Å²) >= 11 is 1.28. The number of aliphatic hydroxyl groups excluding tert-OH is 1. The van der Waals surface area contributed by atoms with Crippen LogP contribution in [0.25, 0.3) is 10.1 Å². The molecule has 2 N–H and O–H groups in total. The van der Waals surface area contributed by atoms with E-state index in [1.165, 1.54) is 17.4 Å². The van der Waals surface area contributed by atoms with Crippen LogP contribution >= 0.6 is 11.3 Å². The minimum Gasteiger partial charge on any atom is -0.396 e. The second-order valence-electron chi connectivity index (χ2n) is 3.95. The van der Waals surface area contributed by atoms with Crippen LogP contribution in [-0.4, -0.2) is 24.2 Å². The van der Waals surface area contributed by atoms with Crippen LogP contribution in [0.4, 0.5) is 4.39 Å². The summed E-state index contributed by atoms with van der Waals surface area (Å²) in [5.74, 6) is -0.489. The predicted molar refractivity (Wildman–Crippen MR) is 70.4 cm³/mol. The summed E-state index contributed by atoms with van der Waals surface area (Å²) in [7, 11) is 0. The second kappa shape index (κ2) is 5.93. The van der Waals surface area contributed by atoms with Crippen molar-refractivity contribution in [3.8, 4) is 0 Å². The Labute approximate surface area is 108 Å². The van der Waals surface area contributed by atoms with Crippen molar-refractivity contribution < 1.29 is 14.3 Å². The van der Waals surface area contributed by atoms with Crippen molar-refractivity contribution >= 4 is 27.3 Å². The third kappa shape index (κ3) is 2.86. The largest absolute Gasteiger partial charge is 0.396 e. The zero-order valence-corrected chi connectivity index (χ0v) is 10.6. The summed E-state index contributed by atoms with van der Waals surface area (Å²) in [6.45, 7) is 0.653. The van der Waals surface area contributed by atoms with Gasteiger partial charge in [-0.15, -0.1) is 11.3 Å². The number of nitrogens with one attached hydrogen (secondary N) is 1. The summed E-state index contributed by atoms with van der Waals surface area (Å²) in [6.07, 6.45) is 1.41. The molecule has 0 atom stereocenters. The molecule has 96 valence electrons. The highest BCUT2D eigenvalue weighted by Crippen LogP contribution is 2.27. The van der Waals surface area contributed by atoms with Crippen molar-refractivity contribution in [2.45, 2.75) is 12.8 Å². The van der Waals surface area contributed by atoms with E-state index >= 15 is 0 Å². The standard InChI is InChI=1S/C13H14FNO2S/c14-10-4-3-5-11-9(10)8-12(18-11)13(17)15-6-1-2-7-16/h3-5,8,16H,1-2,6-7H2,(H,15,17). The molecule has 0 aliphatic rings. The van der Waals surface area contributed by atoms with E-state index in [1.54, 1.807) is 18.2 Å². The highest BCUT2D eigenvalue weighted by atomic mass is 32.1. The van der Waals surface area contributed by atoms with Crippen molar-refractivity contribution in [3.05, 3.63) is 35.0 Å². The molecular formula is C13H14FNO2S. The number of aliphatic hydroxyl groups is 1. The predicted octanol–water partition coefficient (Wildman–Crippen LogP) is 2.54. The first-order chi connectivity index (χ1) is 8.72. The summed E-state index contributed by atoms with van der Waals surface area (Å²) < 4.78 is 14.2. The molecule has 18 heavy (non-hydrogen) atoms. The first kappa shape index (κ1) is 13.0. The number of benzene rings is 1. The Balaban J connectivity index is 2.06. The van der Waals surface area contributed by atoms with Gasteiger partial charge in [-0.3, -0.25) is 4.79 Å². The van der Waals surface area contributed by atoms with E-state index in [2.05, 4.69) is 5.32 Å². The molecule has 1 aromatic heterocycles. The fraction of sp³-hybridized carbons (Fsp3) is 0.308. The number of hydrogen-bond acceptors (Lipinski definition) is 3. The van der Waals surface area contributed by atoms with Gasteiger partial charge in [0.15, 0.2) is 0 Å². The fourth-order valence-corrected chi connectivity index (χ4v) is 2.65. The number of amides is 1. The van der Waals surface area contributed by atoms with Gasteiger partial charge in [-0.1, -0.05) is 6.07 Å². The first-order valence-electron chi connectivity index (χ1n) is 5.79. The maximum atomic E-state index is 13.5. The lowest BCUT2D eigenvalue weighted by Gasteiger charge is -2.01. The van der Waals surface area contributed by atoms with Crippen LogP contribution in [0.15, 0.2) is 24.3 Å². The monoisotopic (exact) mass is 267 g/mol. The van der Waals surface area contributed by atoms with Crippen LogP contribution < -0.4 is 5.32 Å². The van der Waals surface area contributed by atoms with E-state index in [0.717, 1.165) is 11.1 Å². The van der Waals surface area contributed by atoms with Crippen molar-refractivity contribution in [2.75, 3.05) is 13.2 Å². The van der Waals surface area contributed by atoms with Crippen LogP contribution in [0, 0.1) is 5.82 Å². The molecule has 1 amide bonds. The third-order valence-corrected chi connectivity index (χ3v) is 3.70. The zero-order valence-electron chi connectivity index (χ0n) is 9.78. The van der Waals surface area contributed by atoms with Gasteiger partial charge in [0.05, 0.1) is 4.88 Å². The number of halogens is 1. The number of hydrogen-bond donors (Lipinski definition) is 2. The molecule has 0 radical (unpaired) electrons. The number of unbranched alkanes of at least 4 members (excludes halogenated alkanes) is 1.